The Balaban J connectivity index is 1.67. The van der Waals surface area contributed by atoms with E-state index in [1.165, 1.54) is 36.6 Å². The summed E-state index contributed by atoms with van der Waals surface area (Å²) in [5.74, 6) is -0.843. The summed E-state index contributed by atoms with van der Waals surface area (Å²) in [6.07, 6.45) is 7.62. The second-order valence-electron chi connectivity index (χ2n) is 6.87. The van der Waals surface area contributed by atoms with Crippen LogP contribution in [0.25, 0.3) is 0 Å². The summed E-state index contributed by atoms with van der Waals surface area (Å²) in [5.41, 5.74) is 1.74. The van der Waals surface area contributed by atoms with Crippen molar-refractivity contribution in [3.05, 3.63) is 70.5 Å². The Labute approximate surface area is 175 Å². The molecule has 0 bridgehead atoms. The average molecular weight is 437 g/mol. The topological polar surface area (TPSA) is 75.3 Å². The molecule has 0 aliphatic heterocycles. The summed E-state index contributed by atoms with van der Waals surface area (Å²) in [4.78, 5) is 12.3. The van der Waals surface area contributed by atoms with Gasteiger partial charge in [-0.1, -0.05) is 23.3 Å². The zero-order chi connectivity index (χ0) is 20.9. The fourth-order valence-corrected chi connectivity index (χ4v) is 4.42. The van der Waals surface area contributed by atoms with Crippen LogP contribution in [0.3, 0.4) is 0 Å². The standard InChI is InChI=1S/C21H22ClFN2O3S/c22-19-11-6-16(21(26)24-13-12-15-4-2-1-3-5-15)14-20(19)25-29(27,28)18-9-7-17(23)8-10-18/h4,6-11,14,25H,1-3,5,12-13H2,(H,24,26). The van der Waals surface area contributed by atoms with Crippen molar-refractivity contribution in [2.24, 2.45) is 0 Å². The Morgan fingerprint density at radius 1 is 1.10 bits per heavy atom. The van der Waals surface area contributed by atoms with Gasteiger partial charge in [0.2, 0.25) is 0 Å². The summed E-state index contributed by atoms with van der Waals surface area (Å²) in [6, 6.07) is 8.81. The maximum absolute atomic E-state index is 13.0. The molecule has 0 atom stereocenters. The van der Waals surface area contributed by atoms with Gasteiger partial charge in [0.25, 0.3) is 15.9 Å². The molecule has 0 heterocycles. The van der Waals surface area contributed by atoms with E-state index < -0.39 is 15.8 Å². The minimum absolute atomic E-state index is 0.0821. The van der Waals surface area contributed by atoms with Gasteiger partial charge in [-0.3, -0.25) is 9.52 Å². The van der Waals surface area contributed by atoms with Crippen LogP contribution in [-0.2, 0) is 10.0 Å². The molecule has 1 amide bonds. The van der Waals surface area contributed by atoms with Crippen LogP contribution in [0.1, 0.15) is 42.5 Å². The number of halogens is 2. The molecule has 0 radical (unpaired) electrons. The number of sulfonamides is 1. The Morgan fingerprint density at radius 3 is 2.55 bits per heavy atom. The lowest BCUT2D eigenvalue weighted by atomic mass is 9.97. The molecule has 1 aliphatic carbocycles. The number of carbonyl (C=O) groups is 1. The average Bonchev–Trinajstić information content (AvgIpc) is 2.70. The minimum atomic E-state index is -3.97. The lowest BCUT2D eigenvalue weighted by Crippen LogP contribution is -2.25. The second kappa shape index (κ2) is 9.41. The number of carbonyl (C=O) groups excluding carboxylic acids is 1. The van der Waals surface area contributed by atoms with Gasteiger partial charge in [0.05, 0.1) is 15.6 Å². The van der Waals surface area contributed by atoms with Gasteiger partial charge in [-0.2, -0.15) is 0 Å². The normalized spacial score (nSPS) is 14.2. The fraction of sp³-hybridized carbons (Fsp3) is 0.286. The first-order valence-corrected chi connectivity index (χ1v) is 11.3. The molecule has 0 aromatic heterocycles. The van der Waals surface area contributed by atoms with Crippen molar-refractivity contribution >= 4 is 33.2 Å². The largest absolute Gasteiger partial charge is 0.352 e. The van der Waals surface area contributed by atoms with Crippen LogP contribution in [0.4, 0.5) is 10.1 Å². The molecule has 154 valence electrons. The predicted molar refractivity (Wildman–Crippen MR) is 112 cm³/mol. The van der Waals surface area contributed by atoms with E-state index in [4.69, 9.17) is 11.6 Å². The number of anilines is 1. The summed E-state index contributed by atoms with van der Waals surface area (Å²) in [7, 11) is -3.97. The van der Waals surface area contributed by atoms with Crippen molar-refractivity contribution in [1.29, 1.82) is 0 Å². The van der Waals surface area contributed by atoms with E-state index in [1.807, 2.05) is 0 Å². The minimum Gasteiger partial charge on any atom is -0.352 e. The van der Waals surface area contributed by atoms with E-state index >= 15 is 0 Å². The Bertz CT molecular complexity index is 1020. The number of benzene rings is 2. The summed E-state index contributed by atoms with van der Waals surface area (Å²) < 4.78 is 40.4. The highest BCUT2D eigenvalue weighted by Crippen LogP contribution is 2.26. The van der Waals surface area contributed by atoms with E-state index in [0.29, 0.717) is 12.1 Å². The lowest BCUT2D eigenvalue weighted by Gasteiger charge is -2.14. The van der Waals surface area contributed by atoms with Crippen LogP contribution in [0.2, 0.25) is 5.02 Å². The van der Waals surface area contributed by atoms with E-state index in [2.05, 4.69) is 16.1 Å². The van der Waals surface area contributed by atoms with E-state index in [9.17, 15) is 17.6 Å². The SMILES string of the molecule is O=C(NCCC1=CCCCC1)c1ccc(Cl)c(NS(=O)(=O)c2ccc(F)cc2)c1. The van der Waals surface area contributed by atoms with Gasteiger partial charge in [0, 0.05) is 12.1 Å². The first-order valence-electron chi connectivity index (χ1n) is 9.39. The molecule has 29 heavy (non-hydrogen) atoms. The van der Waals surface area contributed by atoms with Crippen molar-refractivity contribution in [2.45, 2.75) is 37.0 Å². The highest BCUT2D eigenvalue weighted by molar-refractivity contribution is 7.92. The number of nitrogens with one attached hydrogen (secondary N) is 2. The molecule has 8 heteroatoms. The van der Waals surface area contributed by atoms with Gasteiger partial charge >= 0.3 is 0 Å². The number of amides is 1. The number of allylic oxidation sites excluding steroid dienone is 1. The maximum atomic E-state index is 13.0. The lowest BCUT2D eigenvalue weighted by molar-refractivity contribution is 0.0954. The van der Waals surface area contributed by atoms with Crippen LogP contribution in [0.15, 0.2) is 59.0 Å². The van der Waals surface area contributed by atoms with Crippen molar-refractivity contribution < 1.29 is 17.6 Å². The van der Waals surface area contributed by atoms with Crippen LogP contribution >= 0.6 is 11.6 Å². The van der Waals surface area contributed by atoms with Gasteiger partial charge in [0.1, 0.15) is 5.82 Å². The van der Waals surface area contributed by atoms with Crippen molar-refractivity contribution in [3.63, 3.8) is 0 Å². The molecule has 0 unspecified atom stereocenters. The molecule has 0 saturated heterocycles. The monoisotopic (exact) mass is 436 g/mol. The molecular weight excluding hydrogens is 415 g/mol. The summed E-state index contributed by atoms with van der Waals surface area (Å²) >= 11 is 6.10. The van der Waals surface area contributed by atoms with E-state index in [0.717, 1.165) is 43.5 Å². The van der Waals surface area contributed by atoms with Gasteiger partial charge < -0.3 is 5.32 Å². The first-order chi connectivity index (χ1) is 13.8. The third-order valence-electron chi connectivity index (χ3n) is 4.71. The molecular formula is C21H22ClFN2O3S. The second-order valence-corrected chi connectivity index (χ2v) is 8.96. The smallest absolute Gasteiger partial charge is 0.261 e. The number of hydrogen-bond donors (Lipinski definition) is 2. The van der Waals surface area contributed by atoms with Crippen LogP contribution in [0, 0.1) is 5.82 Å². The highest BCUT2D eigenvalue weighted by Gasteiger charge is 2.17. The molecule has 0 spiro atoms. The molecule has 3 rings (SSSR count). The van der Waals surface area contributed by atoms with Gasteiger partial charge in [-0.15, -0.1) is 0 Å². The Morgan fingerprint density at radius 2 is 1.86 bits per heavy atom. The molecule has 2 aromatic carbocycles. The van der Waals surface area contributed by atoms with Crippen molar-refractivity contribution in [1.82, 2.24) is 5.32 Å². The third-order valence-corrected chi connectivity index (χ3v) is 6.42. The van der Waals surface area contributed by atoms with Gasteiger partial charge in [-0.05, 0) is 74.6 Å². The Hall–Kier alpha value is -2.38. The predicted octanol–water partition coefficient (Wildman–Crippen LogP) is 4.90. The summed E-state index contributed by atoms with van der Waals surface area (Å²) in [6.45, 7) is 0.518. The first kappa shape index (κ1) is 21.3. The molecule has 2 N–H and O–H groups in total. The summed E-state index contributed by atoms with van der Waals surface area (Å²) in [5, 5.41) is 3.00. The molecule has 2 aromatic rings. The van der Waals surface area contributed by atoms with Crippen molar-refractivity contribution in [3.8, 4) is 0 Å². The molecule has 0 saturated carbocycles. The third kappa shape index (κ3) is 5.81. The van der Waals surface area contributed by atoms with E-state index in [-0.39, 0.29) is 21.5 Å². The Kier molecular flexibility index (Phi) is 6.92. The van der Waals surface area contributed by atoms with Gasteiger partial charge in [0.15, 0.2) is 0 Å². The maximum Gasteiger partial charge on any atom is 0.261 e. The number of rotatable bonds is 7. The van der Waals surface area contributed by atoms with E-state index in [1.54, 1.807) is 0 Å². The van der Waals surface area contributed by atoms with Gasteiger partial charge in [-0.25, -0.2) is 12.8 Å². The van der Waals surface area contributed by atoms with Crippen molar-refractivity contribution in [2.75, 3.05) is 11.3 Å². The zero-order valence-corrected chi connectivity index (χ0v) is 17.3. The molecule has 5 nitrogen and oxygen atoms in total. The van der Waals surface area contributed by atoms with Crippen LogP contribution in [0.5, 0.6) is 0 Å². The van der Waals surface area contributed by atoms with Crippen LogP contribution in [-0.4, -0.2) is 20.9 Å². The highest BCUT2D eigenvalue weighted by atomic mass is 35.5. The fourth-order valence-electron chi connectivity index (χ4n) is 3.13. The van der Waals surface area contributed by atoms with Crippen LogP contribution < -0.4 is 10.0 Å². The molecule has 1 aliphatic rings. The zero-order valence-electron chi connectivity index (χ0n) is 15.8. The number of hydrogen-bond acceptors (Lipinski definition) is 3. The quantitative estimate of drug-likeness (QED) is 0.606. The molecule has 0 fully saturated rings.